The molecule has 0 aromatic carbocycles. The molecule has 0 spiro atoms. The van der Waals surface area contributed by atoms with E-state index in [9.17, 15) is 13.2 Å². The van der Waals surface area contributed by atoms with Crippen LogP contribution in [-0.4, -0.2) is 68.3 Å². The van der Waals surface area contributed by atoms with Gasteiger partial charge in [0, 0.05) is 38.8 Å². The Balaban J connectivity index is 2.08. The third kappa shape index (κ3) is 3.49. The number of piperazine rings is 1. The van der Waals surface area contributed by atoms with Crippen molar-refractivity contribution in [3.05, 3.63) is 0 Å². The summed E-state index contributed by atoms with van der Waals surface area (Å²) in [5.41, 5.74) is 0. The summed E-state index contributed by atoms with van der Waals surface area (Å²) in [7, 11) is -3.57. The zero-order valence-electron chi connectivity index (χ0n) is 12.1. The van der Waals surface area contributed by atoms with Crippen LogP contribution in [0.15, 0.2) is 0 Å². The van der Waals surface area contributed by atoms with E-state index in [0.717, 1.165) is 19.5 Å². The minimum Gasteiger partial charge on any atom is -0.339 e. The molecule has 1 unspecified atom stereocenters. The predicted octanol–water partition coefficient (Wildman–Crippen LogP) is -0.875. The number of carbonyl (C=O) groups excluding carboxylic acids is 1. The van der Waals surface area contributed by atoms with E-state index < -0.39 is 16.3 Å². The lowest BCUT2D eigenvalue weighted by molar-refractivity contribution is -0.135. The Morgan fingerprint density at radius 2 is 1.90 bits per heavy atom. The summed E-state index contributed by atoms with van der Waals surface area (Å²) in [6, 6.07) is -0.708. The Labute approximate surface area is 120 Å². The van der Waals surface area contributed by atoms with Crippen LogP contribution in [0.4, 0.5) is 0 Å². The Morgan fingerprint density at radius 1 is 1.25 bits per heavy atom. The molecule has 2 rings (SSSR count). The van der Waals surface area contributed by atoms with Crippen LogP contribution in [0.5, 0.6) is 0 Å². The van der Waals surface area contributed by atoms with Crippen molar-refractivity contribution in [3.8, 4) is 0 Å². The third-order valence-corrected chi connectivity index (χ3v) is 5.43. The van der Waals surface area contributed by atoms with Crippen molar-refractivity contribution < 1.29 is 13.2 Å². The molecule has 0 aromatic heterocycles. The molecule has 0 aliphatic carbocycles. The van der Waals surface area contributed by atoms with Crippen molar-refractivity contribution in [2.75, 3.05) is 32.7 Å². The highest BCUT2D eigenvalue weighted by atomic mass is 32.2. The molecule has 2 fully saturated rings. The van der Waals surface area contributed by atoms with Crippen LogP contribution in [0.1, 0.15) is 26.7 Å². The quantitative estimate of drug-likeness (QED) is 0.707. The first-order valence-corrected chi connectivity index (χ1v) is 8.64. The second kappa shape index (κ2) is 6.38. The van der Waals surface area contributed by atoms with Crippen LogP contribution in [0.2, 0.25) is 0 Å². The number of carbonyl (C=O) groups is 1. The SMILES string of the molecule is CC(C)NS(=O)(=O)N1CCCC1C(=O)N1CCNCC1. The zero-order chi connectivity index (χ0) is 14.8. The minimum atomic E-state index is -3.57. The number of rotatable bonds is 4. The highest BCUT2D eigenvalue weighted by Gasteiger charge is 2.40. The molecule has 2 heterocycles. The fraction of sp³-hybridized carbons (Fsp3) is 0.917. The summed E-state index contributed by atoms with van der Waals surface area (Å²) in [4.78, 5) is 14.3. The maximum absolute atomic E-state index is 12.5. The molecular formula is C12H24N4O3S. The first-order valence-electron chi connectivity index (χ1n) is 7.20. The number of nitrogens with zero attached hydrogens (tertiary/aromatic N) is 2. The van der Waals surface area contributed by atoms with E-state index in [1.807, 2.05) is 0 Å². The molecule has 116 valence electrons. The van der Waals surface area contributed by atoms with Gasteiger partial charge in [0.15, 0.2) is 0 Å². The molecule has 0 saturated carbocycles. The van der Waals surface area contributed by atoms with Gasteiger partial charge in [-0.3, -0.25) is 4.79 Å². The number of nitrogens with one attached hydrogen (secondary N) is 2. The van der Waals surface area contributed by atoms with Gasteiger partial charge in [-0.25, -0.2) is 0 Å². The summed E-state index contributed by atoms with van der Waals surface area (Å²) >= 11 is 0. The topological polar surface area (TPSA) is 81.8 Å². The Morgan fingerprint density at radius 3 is 2.50 bits per heavy atom. The Hall–Kier alpha value is -0.700. The van der Waals surface area contributed by atoms with E-state index in [4.69, 9.17) is 0 Å². The van der Waals surface area contributed by atoms with Gasteiger partial charge in [-0.05, 0) is 26.7 Å². The lowest BCUT2D eigenvalue weighted by Gasteiger charge is -2.32. The van der Waals surface area contributed by atoms with Gasteiger partial charge in [-0.1, -0.05) is 0 Å². The molecule has 20 heavy (non-hydrogen) atoms. The van der Waals surface area contributed by atoms with Crippen molar-refractivity contribution in [3.63, 3.8) is 0 Å². The van der Waals surface area contributed by atoms with Crippen molar-refractivity contribution in [1.29, 1.82) is 0 Å². The van der Waals surface area contributed by atoms with E-state index >= 15 is 0 Å². The first-order chi connectivity index (χ1) is 9.42. The molecule has 2 aliphatic heterocycles. The van der Waals surface area contributed by atoms with Gasteiger partial charge >= 0.3 is 0 Å². The van der Waals surface area contributed by atoms with E-state index in [2.05, 4.69) is 10.0 Å². The third-order valence-electron chi connectivity index (χ3n) is 3.61. The highest BCUT2D eigenvalue weighted by Crippen LogP contribution is 2.22. The summed E-state index contributed by atoms with van der Waals surface area (Å²) in [5.74, 6) is -0.0573. The second-order valence-corrected chi connectivity index (χ2v) is 7.28. The summed E-state index contributed by atoms with van der Waals surface area (Å²) in [5, 5.41) is 3.19. The number of hydrogen-bond donors (Lipinski definition) is 2. The summed E-state index contributed by atoms with van der Waals surface area (Å²) in [6.07, 6.45) is 1.35. The van der Waals surface area contributed by atoms with Gasteiger partial charge in [-0.15, -0.1) is 0 Å². The summed E-state index contributed by atoms with van der Waals surface area (Å²) < 4.78 is 28.4. The lowest BCUT2D eigenvalue weighted by Crippen LogP contribution is -2.55. The van der Waals surface area contributed by atoms with Crippen LogP contribution in [0.3, 0.4) is 0 Å². The van der Waals surface area contributed by atoms with Gasteiger partial charge in [-0.2, -0.15) is 17.4 Å². The van der Waals surface area contributed by atoms with Crippen LogP contribution in [0.25, 0.3) is 0 Å². The van der Waals surface area contributed by atoms with Crippen molar-refractivity contribution in [1.82, 2.24) is 19.2 Å². The van der Waals surface area contributed by atoms with Crippen LogP contribution in [-0.2, 0) is 15.0 Å². The monoisotopic (exact) mass is 304 g/mol. The maximum Gasteiger partial charge on any atom is 0.280 e. The molecule has 7 nitrogen and oxygen atoms in total. The molecule has 2 saturated heterocycles. The van der Waals surface area contributed by atoms with Crippen molar-refractivity contribution in [2.24, 2.45) is 0 Å². The normalized spacial score (nSPS) is 25.4. The highest BCUT2D eigenvalue weighted by molar-refractivity contribution is 7.87. The Kier molecular flexibility index (Phi) is 5.00. The van der Waals surface area contributed by atoms with E-state index in [0.29, 0.717) is 26.1 Å². The van der Waals surface area contributed by atoms with Crippen LogP contribution in [0, 0.1) is 0 Å². The predicted molar refractivity (Wildman–Crippen MR) is 76.4 cm³/mol. The number of hydrogen-bond acceptors (Lipinski definition) is 4. The molecule has 1 amide bonds. The molecule has 2 N–H and O–H groups in total. The minimum absolute atomic E-state index is 0.0573. The molecule has 1 atom stereocenters. The largest absolute Gasteiger partial charge is 0.339 e. The molecule has 8 heteroatoms. The zero-order valence-corrected chi connectivity index (χ0v) is 12.9. The van der Waals surface area contributed by atoms with E-state index in [1.54, 1.807) is 18.7 Å². The van der Waals surface area contributed by atoms with Gasteiger partial charge < -0.3 is 10.2 Å². The smallest absolute Gasteiger partial charge is 0.280 e. The van der Waals surface area contributed by atoms with Crippen molar-refractivity contribution >= 4 is 16.1 Å². The van der Waals surface area contributed by atoms with E-state index in [1.165, 1.54) is 4.31 Å². The fourth-order valence-electron chi connectivity index (χ4n) is 2.74. The maximum atomic E-state index is 12.5. The van der Waals surface area contributed by atoms with E-state index in [-0.39, 0.29) is 11.9 Å². The van der Waals surface area contributed by atoms with Crippen molar-refractivity contribution in [2.45, 2.75) is 38.8 Å². The standard InChI is InChI=1S/C12H24N4O3S/c1-10(2)14-20(18,19)16-7-3-4-11(16)12(17)15-8-5-13-6-9-15/h10-11,13-14H,3-9H2,1-2H3. The Bertz CT molecular complexity index is 446. The van der Waals surface area contributed by atoms with Gasteiger partial charge in [0.05, 0.1) is 0 Å². The first kappa shape index (κ1) is 15.7. The van der Waals surface area contributed by atoms with Gasteiger partial charge in [0.25, 0.3) is 10.2 Å². The average Bonchev–Trinajstić information content (AvgIpc) is 2.87. The lowest BCUT2D eigenvalue weighted by atomic mass is 10.2. The summed E-state index contributed by atoms with van der Waals surface area (Å²) in [6.45, 7) is 6.83. The second-order valence-electron chi connectivity index (χ2n) is 5.62. The fourth-order valence-corrected chi connectivity index (χ4v) is 4.37. The average molecular weight is 304 g/mol. The number of amides is 1. The van der Waals surface area contributed by atoms with Crippen LogP contribution >= 0.6 is 0 Å². The van der Waals surface area contributed by atoms with Gasteiger partial charge in [0.1, 0.15) is 6.04 Å². The van der Waals surface area contributed by atoms with Crippen LogP contribution < -0.4 is 10.0 Å². The van der Waals surface area contributed by atoms with Gasteiger partial charge in [0.2, 0.25) is 5.91 Å². The molecular weight excluding hydrogens is 280 g/mol. The molecule has 0 radical (unpaired) electrons. The molecule has 0 bridgehead atoms. The molecule has 2 aliphatic rings. The molecule has 0 aromatic rings.